The summed E-state index contributed by atoms with van der Waals surface area (Å²) in [5.41, 5.74) is -0.207. The molecular formula is C24H33FN4O3. The number of amides is 4. The number of piperidine rings is 1. The van der Waals surface area contributed by atoms with Crippen LogP contribution < -0.4 is 0 Å². The molecule has 3 aliphatic heterocycles. The number of rotatable bonds is 3. The van der Waals surface area contributed by atoms with Crippen LogP contribution in [0.25, 0.3) is 0 Å². The fourth-order valence-electron chi connectivity index (χ4n) is 6.02. The summed E-state index contributed by atoms with van der Waals surface area (Å²) in [7, 11) is 3.48. The molecule has 4 amide bonds. The van der Waals surface area contributed by atoms with Gasteiger partial charge in [0.2, 0.25) is 11.8 Å². The molecule has 4 rings (SSSR count). The summed E-state index contributed by atoms with van der Waals surface area (Å²) in [5, 5.41) is 0. The third kappa shape index (κ3) is 3.63. The first-order chi connectivity index (χ1) is 15.2. The maximum Gasteiger partial charge on any atom is 0.319 e. The first kappa shape index (κ1) is 22.6. The minimum Gasteiger partial charge on any atom is -0.342 e. The molecule has 174 valence electrons. The second kappa shape index (κ2) is 8.37. The number of nitrogens with zero attached hydrogens (tertiary/aromatic N) is 4. The van der Waals surface area contributed by atoms with Crippen LogP contribution in [0.4, 0.5) is 9.18 Å². The molecule has 1 unspecified atom stereocenters. The normalized spacial score (nSPS) is 24.6. The number of carbonyl (C=O) groups is 3. The van der Waals surface area contributed by atoms with Crippen molar-refractivity contribution in [3.8, 4) is 0 Å². The predicted molar refractivity (Wildman–Crippen MR) is 118 cm³/mol. The molecule has 0 bridgehead atoms. The van der Waals surface area contributed by atoms with Gasteiger partial charge in [0.05, 0.1) is 11.8 Å². The minimum atomic E-state index is -0.563. The summed E-state index contributed by atoms with van der Waals surface area (Å²) in [4.78, 5) is 46.3. The number of likely N-dealkylation sites (tertiary alicyclic amines) is 3. The molecule has 32 heavy (non-hydrogen) atoms. The molecule has 0 saturated carbocycles. The van der Waals surface area contributed by atoms with E-state index in [0.29, 0.717) is 51.1 Å². The van der Waals surface area contributed by atoms with Crippen LogP contribution in [0.3, 0.4) is 0 Å². The van der Waals surface area contributed by atoms with Crippen molar-refractivity contribution in [1.82, 2.24) is 19.6 Å². The Bertz CT molecular complexity index is 912. The van der Waals surface area contributed by atoms with Crippen molar-refractivity contribution in [3.63, 3.8) is 0 Å². The molecule has 1 aromatic rings. The van der Waals surface area contributed by atoms with Crippen LogP contribution in [0.15, 0.2) is 24.3 Å². The third-order valence-electron chi connectivity index (χ3n) is 7.83. The molecule has 0 radical (unpaired) electrons. The van der Waals surface area contributed by atoms with Crippen molar-refractivity contribution in [2.75, 3.05) is 53.4 Å². The zero-order valence-electron chi connectivity index (χ0n) is 19.3. The summed E-state index contributed by atoms with van der Waals surface area (Å²) in [6.07, 6.45) is 2.32. The van der Waals surface area contributed by atoms with Crippen molar-refractivity contribution in [3.05, 3.63) is 35.6 Å². The van der Waals surface area contributed by atoms with Gasteiger partial charge in [0.1, 0.15) is 5.82 Å². The standard InChI is InChI=1S/C24H33FN4O3/c1-4-27-13-10-24(21(27)31)17-29(22(32)26(2)3)16-23(24)8-11-28(12-9-23)20(30)15-18-6-5-7-19(25)14-18/h5-7,14H,4,8-13,15-17H2,1-3H3. The average Bonchev–Trinajstić information content (AvgIpc) is 3.26. The van der Waals surface area contributed by atoms with Crippen LogP contribution in [0, 0.1) is 16.6 Å². The molecule has 0 N–H and O–H groups in total. The molecule has 0 aliphatic carbocycles. The van der Waals surface area contributed by atoms with Gasteiger partial charge in [-0.3, -0.25) is 9.59 Å². The molecule has 3 fully saturated rings. The predicted octanol–water partition coefficient (Wildman–Crippen LogP) is 2.21. The van der Waals surface area contributed by atoms with Crippen LogP contribution >= 0.6 is 0 Å². The molecule has 8 heteroatoms. The molecule has 1 aromatic carbocycles. The highest BCUT2D eigenvalue weighted by Gasteiger charge is 2.66. The maximum atomic E-state index is 13.5. The number of hydrogen-bond acceptors (Lipinski definition) is 3. The van der Waals surface area contributed by atoms with Crippen LogP contribution in [0.5, 0.6) is 0 Å². The van der Waals surface area contributed by atoms with E-state index < -0.39 is 5.41 Å². The van der Waals surface area contributed by atoms with Crippen molar-refractivity contribution in [2.45, 2.75) is 32.6 Å². The summed E-state index contributed by atoms with van der Waals surface area (Å²) >= 11 is 0. The van der Waals surface area contributed by atoms with E-state index in [1.807, 2.05) is 21.6 Å². The smallest absolute Gasteiger partial charge is 0.319 e. The molecule has 1 atom stereocenters. The Morgan fingerprint density at radius 1 is 1.06 bits per heavy atom. The van der Waals surface area contributed by atoms with Crippen LogP contribution in [-0.2, 0) is 16.0 Å². The van der Waals surface area contributed by atoms with E-state index in [1.165, 1.54) is 12.1 Å². The Labute approximate surface area is 189 Å². The van der Waals surface area contributed by atoms with E-state index in [-0.39, 0.29) is 35.5 Å². The van der Waals surface area contributed by atoms with Gasteiger partial charge in [-0.25, -0.2) is 9.18 Å². The summed E-state index contributed by atoms with van der Waals surface area (Å²) in [6.45, 7) is 5.52. The topological polar surface area (TPSA) is 64.2 Å². The Morgan fingerprint density at radius 2 is 1.78 bits per heavy atom. The average molecular weight is 445 g/mol. The van der Waals surface area contributed by atoms with Gasteiger partial charge >= 0.3 is 6.03 Å². The van der Waals surface area contributed by atoms with Crippen molar-refractivity contribution in [1.29, 1.82) is 0 Å². The second-order valence-corrected chi connectivity index (χ2v) is 9.72. The van der Waals surface area contributed by atoms with Crippen molar-refractivity contribution < 1.29 is 18.8 Å². The van der Waals surface area contributed by atoms with Gasteiger partial charge in [0.25, 0.3) is 0 Å². The number of halogens is 1. The summed E-state index contributed by atoms with van der Waals surface area (Å²) in [5.74, 6) is -0.202. The third-order valence-corrected chi connectivity index (χ3v) is 7.83. The number of carbonyl (C=O) groups excluding carboxylic acids is 3. The quantitative estimate of drug-likeness (QED) is 0.718. The highest BCUT2D eigenvalue weighted by Crippen LogP contribution is 2.58. The molecule has 3 saturated heterocycles. The number of urea groups is 1. The monoisotopic (exact) mass is 444 g/mol. The van der Waals surface area contributed by atoms with Crippen molar-refractivity contribution in [2.24, 2.45) is 10.8 Å². The number of fused-ring (bicyclic) bond motifs is 1. The molecule has 0 aromatic heterocycles. The van der Waals surface area contributed by atoms with Gasteiger partial charge < -0.3 is 19.6 Å². The lowest BCUT2D eigenvalue weighted by Crippen LogP contribution is -2.53. The maximum absolute atomic E-state index is 13.5. The Kier molecular flexibility index (Phi) is 5.90. The summed E-state index contributed by atoms with van der Waals surface area (Å²) in [6, 6.07) is 6.09. The van der Waals surface area contributed by atoms with Crippen LogP contribution in [0.2, 0.25) is 0 Å². The Hall–Kier alpha value is -2.64. The molecular weight excluding hydrogens is 411 g/mol. The van der Waals surface area contributed by atoms with Gasteiger partial charge in [0, 0.05) is 58.8 Å². The highest BCUT2D eigenvalue weighted by atomic mass is 19.1. The van der Waals surface area contributed by atoms with Gasteiger partial charge in [-0.05, 0) is 43.9 Å². The van der Waals surface area contributed by atoms with E-state index in [1.54, 1.807) is 31.1 Å². The molecule has 7 nitrogen and oxygen atoms in total. The van der Waals surface area contributed by atoms with Gasteiger partial charge in [-0.1, -0.05) is 12.1 Å². The fraction of sp³-hybridized carbons (Fsp3) is 0.625. The summed E-state index contributed by atoms with van der Waals surface area (Å²) < 4.78 is 13.5. The van der Waals surface area contributed by atoms with Crippen LogP contribution in [-0.4, -0.2) is 90.8 Å². The van der Waals surface area contributed by atoms with E-state index >= 15 is 0 Å². The Morgan fingerprint density at radius 3 is 2.38 bits per heavy atom. The van der Waals surface area contributed by atoms with E-state index in [9.17, 15) is 18.8 Å². The molecule has 3 heterocycles. The molecule has 3 aliphatic rings. The molecule has 2 spiro atoms. The number of hydrogen-bond donors (Lipinski definition) is 0. The lowest BCUT2D eigenvalue weighted by atomic mass is 9.60. The highest BCUT2D eigenvalue weighted by molar-refractivity contribution is 5.88. The first-order valence-electron chi connectivity index (χ1n) is 11.5. The second-order valence-electron chi connectivity index (χ2n) is 9.72. The van der Waals surface area contributed by atoms with Crippen LogP contribution in [0.1, 0.15) is 31.7 Å². The van der Waals surface area contributed by atoms with Crippen molar-refractivity contribution >= 4 is 17.8 Å². The van der Waals surface area contributed by atoms with Gasteiger partial charge in [-0.15, -0.1) is 0 Å². The lowest BCUT2D eigenvalue weighted by molar-refractivity contribution is -0.143. The lowest BCUT2D eigenvalue weighted by Gasteiger charge is -2.46. The van der Waals surface area contributed by atoms with E-state index in [0.717, 1.165) is 13.0 Å². The first-order valence-corrected chi connectivity index (χ1v) is 11.5. The SMILES string of the molecule is CCN1CCC2(CN(C(=O)N(C)C)CC23CCN(C(=O)Cc2cccc(F)c2)CC3)C1=O. The van der Waals surface area contributed by atoms with Gasteiger partial charge in [-0.2, -0.15) is 0 Å². The largest absolute Gasteiger partial charge is 0.342 e. The van der Waals surface area contributed by atoms with E-state index in [4.69, 9.17) is 0 Å². The zero-order valence-corrected chi connectivity index (χ0v) is 19.3. The fourth-order valence-corrected chi connectivity index (χ4v) is 6.02. The van der Waals surface area contributed by atoms with E-state index in [2.05, 4.69) is 0 Å². The zero-order chi connectivity index (χ0) is 23.1. The minimum absolute atomic E-state index is 0.0216. The van der Waals surface area contributed by atoms with Gasteiger partial charge in [0.15, 0.2) is 0 Å². The number of benzene rings is 1. The Balaban J connectivity index is 1.52.